The normalized spacial score (nSPS) is 20.6. The molecule has 0 heterocycles. The van der Waals surface area contributed by atoms with Crippen molar-refractivity contribution in [2.24, 2.45) is 11.8 Å². The Balaban J connectivity index is 2.25. The molecule has 0 aliphatic heterocycles. The predicted molar refractivity (Wildman–Crippen MR) is 62.1 cm³/mol. The highest BCUT2D eigenvalue weighted by molar-refractivity contribution is 5.55. The van der Waals surface area contributed by atoms with Crippen LogP contribution in [0.3, 0.4) is 0 Å². The number of benzene rings is 1. The fourth-order valence-corrected chi connectivity index (χ4v) is 2.13. The Morgan fingerprint density at radius 2 is 2.00 bits per heavy atom. The zero-order valence-electron chi connectivity index (χ0n) is 9.03. The first-order valence-electron chi connectivity index (χ1n) is 5.53. The topological polar surface area (TPSA) is 0 Å². The second-order valence-electron chi connectivity index (χ2n) is 4.50. The van der Waals surface area contributed by atoms with Crippen molar-refractivity contribution in [2.45, 2.75) is 26.7 Å². The fraction of sp³-hybridized carbons (Fsp3) is 0.429. The number of aryl methyl sites for hydroxylation is 1. The van der Waals surface area contributed by atoms with Crippen LogP contribution in [0.4, 0.5) is 0 Å². The summed E-state index contributed by atoms with van der Waals surface area (Å²) in [6, 6.07) is 8.73. The van der Waals surface area contributed by atoms with Gasteiger partial charge < -0.3 is 0 Å². The van der Waals surface area contributed by atoms with E-state index < -0.39 is 0 Å². The Kier molecular flexibility index (Phi) is 2.72. The first-order chi connectivity index (χ1) is 6.77. The van der Waals surface area contributed by atoms with Gasteiger partial charge >= 0.3 is 0 Å². The first-order valence-corrected chi connectivity index (χ1v) is 5.53. The smallest absolute Gasteiger partial charge is 0.0204 e. The summed E-state index contributed by atoms with van der Waals surface area (Å²) in [4.78, 5) is 0. The minimum absolute atomic E-state index is 0.752. The Morgan fingerprint density at radius 1 is 1.21 bits per heavy atom. The van der Waals surface area contributed by atoms with Crippen LogP contribution in [0.25, 0.3) is 6.08 Å². The molecule has 0 spiro atoms. The van der Waals surface area contributed by atoms with Gasteiger partial charge in [0.1, 0.15) is 0 Å². The molecule has 1 aromatic carbocycles. The molecule has 1 aliphatic carbocycles. The molecule has 0 bridgehead atoms. The van der Waals surface area contributed by atoms with Gasteiger partial charge in [0, 0.05) is 0 Å². The van der Waals surface area contributed by atoms with E-state index in [1.807, 2.05) is 0 Å². The van der Waals surface area contributed by atoms with Gasteiger partial charge in [-0.2, -0.15) is 0 Å². The monoisotopic (exact) mass is 186 g/mol. The number of hydrogen-bond donors (Lipinski definition) is 0. The molecule has 74 valence electrons. The van der Waals surface area contributed by atoms with E-state index in [9.17, 15) is 0 Å². The molecular weight excluding hydrogens is 168 g/mol. The highest BCUT2D eigenvalue weighted by Crippen LogP contribution is 2.26. The highest BCUT2D eigenvalue weighted by Gasteiger charge is 2.13. The van der Waals surface area contributed by atoms with E-state index in [1.165, 1.54) is 24.0 Å². The van der Waals surface area contributed by atoms with Crippen molar-refractivity contribution in [1.29, 1.82) is 0 Å². The molecule has 14 heavy (non-hydrogen) atoms. The van der Waals surface area contributed by atoms with E-state index >= 15 is 0 Å². The Morgan fingerprint density at radius 3 is 2.79 bits per heavy atom. The standard InChI is InChI=1S/C14H18/c1-11(2)12-7-9-13-5-3-4-6-14(13)10-8-12/h3-7,9,11-12H,8,10H2,1-2H3/t12-/m1/s1. The van der Waals surface area contributed by atoms with Crippen molar-refractivity contribution < 1.29 is 0 Å². The quantitative estimate of drug-likeness (QED) is 0.623. The van der Waals surface area contributed by atoms with Crippen LogP contribution in [0, 0.1) is 11.8 Å². The van der Waals surface area contributed by atoms with E-state index in [0.29, 0.717) is 0 Å². The van der Waals surface area contributed by atoms with Crippen molar-refractivity contribution in [3.63, 3.8) is 0 Å². The molecule has 0 radical (unpaired) electrons. The number of rotatable bonds is 1. The average molecular weight is 186 g/mol. The molecule has 0 fully saturated rings. The third-order valence-corrected chi connectivity index (χ3v) is 3.18. The maximum atomic E-state index is 2.39. The Bertz CT molecular complexity index is 334. The summed E-state index contributed by atoms with van der Waals surface area (Å²) in [5.41, 5.74) is 2.92. The van der Waals surface area contributed by atoms with Crippen LogP contribution in [0.15, 0.2) is 30.3 Å². The molecule has 0 heteroatoms. The van der Waals surface area contributed by atoms with E-state index in [4.69, 9.17) is 0 Å². The summed E-state index contributed by atoms with van der Waals surface area (Å²) in [7, 11) is 0. The maximum absolute atomic E-state index is 2.39. The van der Waals surface area contributed by atoms with Crippen molar-refractivity contribution in [1.82, 2.24) is 0 Å². The molecule has 0 unspecified atom stereocenters. The number of fused-ring (bicyclic) bond motifs is 1. The van der Waals surface area contributed by atoms with Gasteiger partial charge in [-0.1, -0.05) is 50.3 Å². The first kappa shape index (κ1) is 9.51. The molecule has 0 saturated carbocycles. The molecule has 1 aliphatic rings. The molecule has 0 nitrogen and oxygen atoms in total. The zero-order valence-corrected chi connectivity index (χ0v) is 9.03. The second kappa shape index (κ2) is 4.00. The summed E-state index contributed by atoms with van der Waals surface area (Å²) < 4.78 is 0. The molecule has 2 rings (SSSR count). The summed E-state index contributed by atoms with van der Waals surface area (Å²) in [5, 5.41) is 0. The maximum Gasteiger partial charge on any atom is -0.0204 e. The van der Waals surface area contributed by atoms with Crippen molar-refractivity contribution >= 4 is 6.08 Å². The summed E-state index contributed by atoms with van der Waals surface area (Å²) in [6.07, 6.45) is 7.21. The van der Waals surface area contributed by atoms with Gasteiger partial charge in [-0.3, -0.25) is 0 Å². The van der Waals surface area contributed by atoms with Crippen molar-refractivity contribution in [2.75, 3.05) is 0 Å². The Labute approximate surface area is 86.7 Å². The van der Waals surface area contributed by atoms with E-state index in [0.717, 1.165) is 11.8 Å². The summed E-state index contributed by atoms with van der Waals surface area (Å²) in [5.74, 6) is 1.52. The van der Waals surface area contributed by atoms with E-state index in [2.05, 4.69) is 50.3 Å². The second-order valence-corrected chi connectivity index (χ2v) is 4.50. The van der Waals surface area contributed by atoms with Gasteiger partial charge in [0.15, 0.2) is 0 Å². The Hall–Kier alpha value is -1.04. The van der Waals surface area contributed by atoms with Gasteiger partial charge in [-0.05, 0) is 35.8 Å². The van der Waals surface area contributed by atoms with Crippen LogP contribution < -0.4 is 0 Å². The molecule has 0 amide bonds. The van der Waals surface area contributed by atoms with Gasteiger partial charge in [0.25, 0.3) is 0 Å². The van der Waals surface area contributed by atoms with Gasteiger partial charge in [-0.15, -0.1) is 0 Å². The largest absolute Gasteiger partial charge is 0.0805 e. The van der Waals surface area contributed by atoms with Gasteiger partial charge in [0.2, 0.25) is 0 Å². The molecule has 1 aromatic rings. The third kappa shape index (κ3) is 1.89. The summed E-state index contributed by atoms with van der Waals surface area (Å²) in [6.45, 7) is 4.62. The SMILES string of the molecule is CC(C)[C@@H]1C=Cc2ccccc2CC1. The minimum Gasteiger partial charge on any atom is -0.0805 e. The lowest BCUT2D eigenvalue weighted by molar-refractivity contribution is 0.440. The lowest BCUT2D eigenvalue weighted by atomic mass is 9.91. The minimum atomic E-state index is 0.752. The van der Waals surface area contributed by atoms with E-state index in [1.54, 1.807) is 0 Å². The number of allylic oxidation sites excluding steroid dienone is 1. The number of hydrogen-bond acceptors (Lipinski definition) is 0. The van der Waals surface area contributed by atoms with Crippen LogP contribution in [0.1, 0.15) is 31.4 Å². The van der Waals surface area contributed by atoms with Crippen LogP contribution >= 0.6 is 0 Å². The van der Waals surface area contributed by atoms with Crippen molar-refractivity contribution in [3.8, 4) is 0 Å². The van der Waals surface area contributed by atoms with Crippen LogP contribution in [0.2, 0.25) is 0 Å². The lowest BCUT2D eigenvalue weighted by Gasteiger charge is -2.14. The molecular formula is C14H18. The van der Waals surface area contributed by atoms with Crippen LogP contribution in [-0.2, 0) is 6.42 Å². The van der Waals surface area contributed by atoms with Gasteiger partial charge in [-0.25, -0.2) is 0 Å². The molecule has 0 N–H and O–H groups in total. The third-order valence-electron chi connectivity index (χ3n) is 3.18. The highest BCUT2D eigenvalue weighted by atomic mass is 14.2. The molecule has 0 aromatic heterocycles. The zero-order chi connectivity index (χ0) is 9.97. The molecule has 1 atom stereocenters. The van der Waals surface area contributed by atoms with Crippen LogP contribution in [0.5, 0.6) is 0 Å². The van der Waals surface area contributed by atoms with Gasteiger partial charge in [0.05, 0.1) is 0 Å². The summed E-state index contributed by atoms with van der Waals surface area (Å²) >= 11 is 0. The van der Waals surface area contributed by atoms with Crippen molar-refractivity contribution in [3.05, 3.63) is 41.5 Å². The van der Waals surface area contributed by atoms with Crippen LogP contribution in [-0.4, -0.2) is 0 Å². The molecule has 0 saturated heterocycles. The predicted octanol–water partition coefficient (Wildman–Crippen LogP) is 3.92. The average Bonchev–Trinajstić information content (AvgIpc) is 2.39. The lowest BCUT2D eigenvalue weighted by Crippen LogP contribution is -2.05. The van der Waals surface area contributed by atoms with E-state index in [-0.39, 0.29) is 0 Å². The fourth-order valence-electron chi connectivity index (χ4n) is 2.13.